The summed E-state index contributed by atoms with van der Waals surface area (Å²) in [6.07, 6.45) is 71.0. The quantitative estimate of drug-likeness (QED) is 0.0264. The number of hydrogen-bond donors (Lipinski definition) is 0. The molecule has 0 aromatic carbocycles. The lowest BCUT2D eigenvalue weighted by molar-refractivity contribution is -0.167. The molecule has 0 rings (SSSR count). The summed E-state index contributed by atoms with van der Waals surface area (Å²) in [6, 6.07) is 0. The molecule has 350 valence electrons. The Morgan fingerprint density at radius 3 is 0.968 bits per heavy atom. The van der Waals surface area contributed by atoms with Crippen LogP contribution in [0.5, 0.6) is 0 Å². The molecule has 6 nitrogen and oxygen atoms in total. The molecule has 0 saturated carbocycles. The van der Waals surface area contributed by atoms with Crippen molar-refractivity contribution >= 4 is 17.9 Å². The maximum atomic E-state index is 12.8. The molecule has 0 aromatic rings. The van der Waals surface area contributed by atoms with Crippen LogP contribution in [0.15, 0.2) is 146 Å². The van der Waals surface area contributed by atoms with Gasteiger partial charge in [-0.3, -0.25) is 14.4 Å². The second-order valence-electron chi connectivity index (χ2n) is 15.6. The minimum Gasteiger partial charge on any atom is -0.462 e. The van der Waals surface area contributed by atoms with E-state index < -0.39 is 6.10 Å². The highest BCUT2D eigenvalue weighted by Gasteiger charge is 2.19. The van der Waals surface area contributed by atoms with Crippen molar-refractivity contribution in [3.05, 3.63) is 146 Å². The van der Waals surface area contributed by atoms with Crippen molar-refractivity contribution in [3.8, 4) is 0 Å². The van der Waals surface area contributed by atoms with E-state index >= 15 is 0 Å². The van der Waals surface area contributed by atoms with Gasteiger partial charge in [0.2, 0.25) is 0 Å². The monoisotopic (exact) mass is 867 g/mol. The number of allylic oxidation sites excluding steroid dienone is 24. The van der Waals surface area contributed by atoms with Gasteiger partial charge in [-0.2, -0.15) is 0 Å². The smallest absolute Gasteiger partial charge is 0.306 e. The maximum Gasteiger partial charge on any atom is 0.306 e. The zero-order chi connectivity index (χ0) is 45.8. The molecule has 0 bridgehead atoms. The highest BCUT2D eigenvalue weighted by molar-refractivity contribution is 5.71. The molecule has 1 unspecified atom stereocenters. The van der Waals surface area contributed by atoms with Gasteiger partial charge in [-0.1, -0.05) is 244 Å². The van der Waals surface area contributed by atoms with E-state index in [2.05, 4.69) is 45.1 Å². The second kappa shape index (κ2) is 49.9. The lowest BCUT2D eigenvalue weighted by atomic mass is 10.1. The first-order chi connectivity index (χ1) is 31.0. The third-order valence-corrected chi connectivity index (χ3v) is 9.66. The minimum absolute atomic E-state index is 0.116. The van der Waals surface area contributed by atoms with Crippen molar-refractivity contribution in [2.24, 2.45) is 0 Å². The summed E-state index contributed by atoms with van der Waals surface area (Å²) in [6.45, 7) is 6.23. The van der Waals surface area contributed by atoms with Crippen LogP contribution in [-0.4, -0.2) is 37.2 Å². The van der Waals surface area contributed by atoms with Crippen LogP contribution in [0.1, 0.15) is 175 Å². The predicted octanol–water partition coefficient (Wildman–Crippen LogP) is 16.1. The first-order valence-electron chi connectivity index (χ1n) is 24.5. The number of rotatable bonds is 41. The molecule has 0 spiro atoms. The summed E-state index contributed by atoms with van der Waals surface area (Å²) < 4.78 is 16.7. The van der Waals surface area contributed by atoms with E-state index in [0.717, 1.165) is 70.6 Å². The van der Waals surface area contributed by atoms with Crippen LogP contribution in [-0.2, 0) is 28.6 Å². The van der Waals surface area contributed by atoms with Gasteiger partial charge in [-0.15, -0.1) is 0 Å². The Balaban J connectivity index is 4.61. The molecule has 0 fully saturated rings. The number of esters is 3. The van der Waals surface area contributed by atoms with Crippen molar-refractivity contribution in [2.75, 3.05) is 13.2 Å². The zero-order valence-electron chi connectivity index (χ0n) is 39.8. The maximum absolute atomic E-state index is 12.8. The second-order valence-corrected chi connectivity index (χ2v) is 15.6. The van der Waals surface area contributed by atoms with Gasteiger partial charge >= 0.3 is 17.9 Å². The first-order valence-corrected chi connectivity index (χ1v) is 24.5. The molecule has 63 heavy (non-hydrogen) atoms. The minimum atomic E-state index is -0.824. The molecule has 0 radical (unpaired) electrons. The Morgan fingerprint density at radius 2 is 0.619 bits per heavy atom. The van der Waals surface area contributed by atoms with Gasteiger partial charge in [0.1, 0.15) is 13.2 Å². The van der Waals surface area contributed by atoms with Gasteiger partial charge in [-0.25, -0.2) is 0 Å². The van der Waals surface area contributed by atoms with Crippen LogP contribution >= 0.6 is 0 Å². The Hall–Kier alpha value is -4.71. The van der Waals surface area contributed by atoms with Crippen molar-refractivity contribution < 1.29 is 28.6 Å². The number of carbonyl (C=O) groups is 3. The topological polar surface area (TPSA) is 78.9 Å². The van der Waals surface area contributed by atoms with Gasteiger partial charge in [0.15, 0.2) is 6.10 Å². The average Bonchev–Trinajstić information content (AvgIpc) is 3.28. The van der Waals surface area contributed by atoms with Crippen LogP contribution in [0.3, 0.4) is 0 Å². The normalized spacial score (nSPS) is 13.4. The molecule has 0 saturated heterocycles. The summed E-state index contributed by atoms with van der Waals surface area (Å²) in [5.41, 5.74) is 0. The van der Waals surface area contributed by atoms with E-state index in [4.69, 9.17) is 14.2 Å². The molecular formula is C57H86O6. The van der Waals surface area contributed by atoms with Crippen LogP contribution < -0.4 is 0 Å². The van der Waals surface area contributed by atoms with Gasteiger partial charge in [0.25, 0.3) is 0 Å². The van der Waals surface area contributed by atoms with Gasteiger partial charge in [0.05, 0.1) is 0 Å². The van der Waals surface area contributed by atoms with E-state index in [1.54, 1.807) is 0 Å². The van der Waals surface area contributed by atoms with E-state index in [1.807, 2.05) is 122 Å². The fourth-order valence-electron chi connectivity index (χ4n) is 6.03. The highest BCUT2D eigenvalue weighted by atomic mass is 16.6. The number of unbranched alkanes of at least 4 members (excludes halogenated alkanes) is 16. The van der Waals surface area contributed by atoms with Crippen LogP contribution in [0.4, 0.5) is 0 Å². The first kappa shape index (κ1) is 58.3. The van der Waals surface area contributed by atoms with Crippen LogP contribution in [0.2, 0.25) is 0 Å². The van der Waals surface area contributed by atoms with Crippen molar-refractivity contribution in [1.29, 1.82) is 0 Å². The van der Waals surface area contributed by atoms with Crippen molar-refractivity contribution in [2.45, 2.75) is 181 Å². The van der Waals surface area contributed by atoms with E-state index in [9.17, 15) is 14.4 Å². The number of carbonyl (C=O) groups excluding carboxylic acids is 3. The van der Waals surface area contributed by atoms with Crippen LogP contribution in [0.25, 0.3) is 0 Å². The zero-order valence-corrected chi connectivity index (χ0v) is 39.8. The largest absolute Gasteiger partial charge is 0.462 e. The molecule has 0 aromatic heterocycles. The SMILES string of the molecule is CC\C=C/C=C\C=C/C=C\C=C\C=C/CCCCCC(=O)OCC(COC(=O)CCCCCCCCCCCCC)OC(=O)CCCCC\C=C/C=C/C=C\C=C/C=C\C=C/CC. The van der Waals surface area contributed by atoms with E-state index in [0.29, 0.717) is 25.7 Å². The lowest BCUT2D eigenvalue weighted by Gasteiger charge is -2.18. The fourth-order valence-corrected chi connectivity index (χ4v) is 6.03. The van der Waals surface area contributed by atoms with E-state index in [-0.39, 0.29) is 37.5 Å². The highest BCUT2D eigenvalue weighted by Crippen LogP contribution is 2.13. The number of hydrogen-bond acceptors (Lipinski definition) is 6. The standard InChI is InChI=1S/C57H86O6/c1-4-7-10-13-16-19-22-24-26-28-30-32-35-38-41-44-47-50-56(59)62-53-54(52-61-55(58)49-46-43-40-37-34-21-18-15-12-9-6-3)63-57(60)51-48-45-42-39-36-33-31-29-27-25-23-20-17-14-11-8-5-2/h7-8,10-11,13-14,16-17,19-20,22-33,35-36,54H,4-6,9,12,15,18,21,34,37-53H2,1-3H3/b10-7-,11-8-,16-13-,17-14-,22-19-,23-20-,26-24-,27-25-,30-28+,31-29+,35-32-,36-33-. The van der Waals surface area contributed by atoms with Gasteiger partial charge < -0.3 is 14.2 Å². The molecule has 0 amide bonds. The third-order valence-electron chi connectivity index (χ3n) is 9.66. The molecule has 6 heteroatoms. The summed E-state index contributed by atoms with van der Waals surface area (Å²) in [7, 11) is 0. The molecule has 0 aliphatic carbocycles. The van der Waals surface area contributed by atoms with Crippen LogP contribution in [0, 0.1) is 0 Å². The van der Waals surface area contributed by atoms with Crippen molar-refractivity contribution in [1.82, 2.24) is 0 Å². The predicted molar refractivity (Wildman–Crippen MR) is 269 cm³/mol. The third kappa shape index (κ3) is 48.2. The molecule has 0 aliphatic rings. The van der Waals surface area contributed by atoms with Crippen molar-refractivity contribution in [3.63, 3.8) is 0 Å². The average molecular weight is 867 g/mol. The fraction of sp³-hybridized carbons (Fsp3) is 0.526. The Labute approximate surface area is 385 Å². The summed E-state index contributed by atoms with van der Waals surface area (Å²) >= 11 is 0. The summed E-state index contributed by atoms with van der Waals surface area (Å²) in [5, 5.41) is 0. The number of ether oxygens (including phenoxy) is 3. The summed E-state index contributed by atoms with van der Waals surface area (Å²) in [4.78, 5) is 37.9. The van der Waals surface area contributed by atoms with Gasteiger partial charge in [-0.05, 0) is 57.8 Å². The van der Waals surface area contributed by atoms with Gasteiger partial charge in [0, 0.05) is 19.3 Å². The summed E-state index contributed by atoms with van der Waals surface area (Å²) in [5.74, 6) is -1.02. The lowest BCUT2D eigenvalue weighted by Crippen LogP contribution is -2.30. The molecular weight excluding hydrogens is 781 g/mol. The molecule has 0 aliphatic heterocycles. The van der Waals surface area contributed by atoms with E-state index in [1.165, 1.54) is 51.4 Å². The Bertz CT molecular complexity index is 1460. The Kier molecular flexibility index (Phi) is 46.2. The molecule has 1 atom stereocenters. The molecule has 0 N–H and O–H groups in total. The molecule has 0 heterocycles. The Morgan fingerprint density at radius 1 is 0.333 bits per heavy atom.